The summed E-state index contributed by atoms with van der Waals surface area (Å²) in [5.74, 6) is -0.732. The van der Waals surface area contributed by atoms with Gasteiger partial charge in [0.25, 0.3) is 0 Å². The molecular weight excluding hydrogens is 335 g/mol. The zero-order valence-corrected chi connectivity index (χ0v) is 12.8. The third-order valence-corrected chi connectivity index (χ3v) is 3.84. The molecule has 0 unspecified atom stereocenters. The largest absolute Gasteiger partial charge is 0.467 e. The fraction of sp³-hybridized carbons (Fsp3) is 0.167. The predicted molar refractivity (Wildman–Crippen MR) is 82.7 cm³/mol. The maximum Gasteiger partial charge on any atom is 0.451 e. The highest BCUT2D eigenvalue weighted by atomic mass is 19.4. The second-order valence-electron chi connectivity index (χ2n) is 5.45. The number of ether oxygens (including phenoxy) is 2. The van der Waals surface area contributed by atoms with Crippen molar-refractivity contribution in [1.82, 2.24) is 4.98 Å². The summed E-state index contributed by atoms with van der Waals surface area (Å²) in [6.45, 7) is 0.215. The molecule has 25 heavy (non-hydrogen) atoms. The molecule has 7 heteroatoms. The highest BCUT2D eigenvalue weighted by molar-refractivity contribution is 5.71. The van der Waals surface area contributed by atoms with E-state index in [0.29, 0.717) is 16.9 Å². The standard InChI is InChI=1S/C18H12F3NO3/c19-18(20,21)16-15(22-17(25-16)11-5-2-1-3-6-11)12-7-4-8-14-13(12)9-23-10-24-14/h1-8H,9-10H2. The second kappa shape index (κ2) is 5.93. The van der Waals surface area contributed by atoms with Gasteiger partial charge in [-0.25, -0.2) is 4.98 Å². The lowest BCUT2D eigenvalue weighted by Crippen LogP contribution is -2.13. The van der Waals surface area contributed by atoms with Crippen LogP contribution < -0.4 is 4.74 Å². The highest BCUT2D eigenvalue weighted by Crippen LogP contribution is 2.42. The van der Waals surface area contributed by atoms with Gasteiger partial charge in [-0.05, 0) is 18.2 Å². The number of fused-ring (bicyclic) bond motifs is 1. The number of aromatic nitrogens is 1. The van der Waals surface area contributed by atoms with E-state index in [1.807, 2.05) is 0 Å². The van der Waals surface area contributed by atoms with Crippen LogP contribution in [-0.2, 0) is 17.5 Å². The summed E-state index contributed by atoms with van der Waals surface area (Å²) in [7, 11) is 0. The number of alkyl halides is 3. The van der Waals surface area contributed by atoms with Gasteiger partial charge in [0.1, 0.15) is 11.4 Å². The highest BCUT2D eigenvalue weighted by Gasteiger charge is 2.41. The summed E-state index contributed by atoms with van der Waals surface area (Å²) in [6.07, 6.45) is -4.67. The summed E-state index contributed by atoms with van der Waals surface area (Å²) in [6, 6.07) is 13.3. The van der Waals surface area contributed by atoms with Crippen LogP contribution in [0.25, 0.3) is 22.7 Å². The molecule has 0 radical (unpaired) electrons. The Bertz CT molecular complexity index is 904. The molecule has 2 heterocycles. The average Bonchev–Trinajstić information content (AvgIpc) is 3.08. The van der Waals surface area contributed by atoms with Gasteiger partial charge < -0.3 is 13.9 Å². The number of hydrogen-bond acceptors (Lipinski definition) is 4. The predicted octanol–water partition coefficient (Wildman–Crippen LogP) is 4.89. The van der Waals surface area contributed by atoms with Crippen molar-refractivity contribution in [2.24, 2.45) is 0 Å². The third-order valence-electron chi connectivity index (χ3n) is 3.84. The maximum absolute atomic E-state index is 13.5. The number of rotatable bonds is 2. The number of hydrogen-bond donors (Lipinski definition) is 0. The lowest BCUT2D eigenvalue weighted by Gasteiger charge is -2.20. The van der Waals surface area contributed by atoms with Gasteiger partial charge in [-0.2, -0.15) is 13.2 Å². The van der Waals surface area contributed by atoms with Gasteiger partial charge in [0.05, 0.1) is 6.61 Å². The van der Waals surface area contributed by atoms with Crippen molar-refractivity contribution >= 4 is 0 Å². The smallest absolute Gasteiger partial charge is 0.451 e. The first kappa shape index (κ1) is 15.7. The Morgan fingerprint density at radius 1 is 0.960 bits per heavy atom. The van der Waals surface area contributed by atoms with E-state index in [1.54, 1.807) is 48.5 Å². The van der Waals surface area contributed by atoms with E-state index >= 15 is 0 Å². The van der Waals surface area contributed by atoms with Crippen LogP contribution in [0.1, 0.15) is 11.3 Å². The van der Waals surface area contributed by atoms with Crippen molar-refractivity contribution in [3.8, 4) is 28.5 Å². The Labute approximate surface area is 140 Å². The normalized spacial score (nSPS) is 14.0. The van der Waals surface area contributed by atoms with Gasteiger partial charge >= 0.3 is 6.18 Å². The lowest BCUT2D eigenvalue weighted by molar-refractivity contribution is -0.152. The van der Waals surface area contributed by atoms with Crippen LogP contribution in [0.2, 0.25) is 0 Å². The van der Waals surface area contributed by atoms with Crippen LogP contribution in [0.3, 0.4) is 0 Å². The van der Waals surface area contributed by atoms with E-state index in [0.717, 1.165) is 0 Å². The molecule has 3 aromatic rings. The Morgan fingerprint density at radius 3 is 2.52 bits per heavy atom. The molecule has 0 amide bonds. The fourth-order valence-electron chi connectivity index (χ4n) is 2.72. The molecule has 0 N–H and O–H groups in total. The Hall–Kier alpha value is -2.80. The molecule has 0 bridgehead atoms. The van der Waals surface area contributed by atoms with Crippen molar-refractivity contribution in [3.05, 3.63) is 59.9 Å². The summed E-state index contributed by atoms with van der Waals surface area (Å²) < 4.78 is 56.1. The van der Waals surface area contributed by atoms with Gasteiger partial charge in [-0.1, -0.05) is 30.3 Å². The molecule has 2 aromatic carbocycles. The van der Waals surface area contributed by atoms with Gasteiger partial charge in [-0.15, -0.1) is 0 Å². The van der Waals surface area contributed by atoms with Gasteiger partial charge in [0.15, 0.2) is 6.79 Å². The molecule has 4 rings (SSSR count). The molecule has 128 valence electrons. The first-order valence-electron chi connectivity index (χ1n) is 7.50. The quantitative estimate of drug-likeness (QED) is 0.662. The summed E-state index contributed by atoms with van der Waals surface area (Å²) >= 11 is 0. The monoisotopic (exact) mass is 347 g/mol. The minimum Gasteiger partial charge on any atom is -0.467 e. The number of nitrogens with zero attached hydrogens (tertiary/aromatic N) is 1. The van der Waals surface area contributed by atoms with Crippen molar-refractivity contribution in [1.29, 1.82) is 0 Å². The molecule has 1 aliphatic rings. The first-order valence-corrected chi connectivity index (χ1v) is 7.50. The van der Waals surface area contributed by atoms with E-state index in [-0.39, 0.29) is 30.5 Å². The first-order chi connectivity index (χ1) is 12.0. The van der Waals surface area contributed by atoms with Crippen molar-refractivity contribution < 1.29 is 27.1 Å². The molecule has 0 spiro atoms. The van der Waals surface area contributed by atoms with Crippen molar-refractivity contribution in [2.75, 3.05) is 6.79 Å². The second-order valence-corrected chi connectivity index (χ2v) is 5.45. The molecule has 0 saturated carbocycles. The van der Waals surface area contributed by atoms with Gasteiger partial charge in [0.2, 0.25) is 11.7 Å². The molecular formula is C18H12F3NO3. The maximum atomic E-state index is 13.5. The van der Waals surface area contributed by atoms with E-state index in [2.05, 4.69) is 4.98 Å². The Kier molecular flexibility index (Phi) is 3.73. The zero-order chi connectivity index (χ0) is 17.4. The fourth-order valence-corrected chi connectivity index (χ4v) is 2.72. The molecule has 0 aliphatic carbocycles. The zero-order valence-electron chi connectivity index (χ0n) is 12.8. The topological polar surface area (TPSA) is 44.5 Å². The molecule has 0 saturated heterocycles. The van der Waals surface area contributed by atoms with E-state index in [9.17, 15) is 13.2 Å². The Morgan fingerprint density at radius 2 is 1.76 bits per heavy atom. The van der Waals surface area contributed by atoms with Crippen LogP contribution in [0, 0.1) is 0 Å². The summed E-state index contributed by atoms with van der Waals surface area (Å²) in [5.41, 5.74) is 1.01. The van der Waals surface area contributed by atoms with E-state index < -0.39 is 11.9 Å². The molecule has 1 aliphatic heterocycles. The Balaban J connectivity index is 1.91. The van der Waals surface area contributed by atoms with Crippen molar-refractivity contribution in [3.63, 3.8) is 0 Å². The van der Waals surface area contributed by atoms with Crippen LogP contribution in [0.15, 0.2) is 52.9 Å². The minimum atomic E-state index is -4.67. The van der Waals surface area contributed by atoms with E-state index in [1.165, 1.54) is 0 Å². The minimum absolute atomic E-state index is 0.0661. The van der Waals surface area contributed by atoms with Gasteiger partial charge in [0, 0.05) is 16.7 Å². The average molecular weight is 347 g/mol. The molecule has 1 aromatic heterocycles. The lowest BCUT2D eigenvalue weighted by atomic mass is 10.0. The SMILES string of the molecule is FC(F)(F)c1oc(-c2ccccc2)nc1-c1cccc2c1COCO2. The molecule has 0 atom stereocenters. The van der Waals surface area contributed by atoms with Crippen LogP contribution >= 0.6 is 0 Å². The van der Waals surface area contributed by atoms with Crippen LogP contribution in [0.4, 0.5) is 13.2 Å². The molecule has 4 nitrogen and oxygen atoms in total. The molecule has 0 fully saturated rings. The van der Waals surface area contributed by atoms with Crippen LogP contribution in [-0.4, -0.2) is 11.8 Å². The third kappa shape index (κ3) is 2.87. The van der Waals surface area contributed by atoms with Gasteiger partial charge in [-0.3, -0.25) is 0 Å². The summed E-state index contributed by atoms with van der Waals surface area (Å²) in [5, 5.41) is 0. The number of oxazole rings is 1. The van der Waals surface area contributed by atoms with Crippen LogP contribution in [0.5, 0.6) is 5.75 Å². The summed E-state index contributed by atoms with van der Waals surface area (Å²) in [4.78, 5) is 4.13. The van der Waals surface area contributed by atoms with E-state index in [4.69, 9.17) is 13.9 Å². The number of halogens is 3. The number of benzene rings is 2. The van der Waals surface area contributed by atoms with Crippen molar-refractivity contribution in [2.45, 2.75) is 12.8 Å².